The van der Waals surface area contributed by atoms with Gasteiger partial charge in [0, 0.05) is 4.47 Å². The monoisotopic (exact) mass is 357 g/mol. The summed E-state index contributed by atoms with van der Waals surface area (Å²) in [5.41, 5.74) is 3.70. The molecule has 104 valence electrons. The van der Waals surface area contributed by atoms with Crippen molar-refractivity contribution in [3.63, 3.8) is 0 Å². The molecule has 0 bridgehead atoms. The summed E-state index contributed by atoms with van der Waals surface area (Å²) in [4.78, 5) is 3.20. The lowest BCUT2D eigenvalue weighted by molar-refractivity contribution is 0.649. The highest BCUT2D eigenvalue weighted by molar-refractivity contribution is 9.10. The summed E-state index contributed by atoms with van der Waals surface area (Å²) in [6.07, 6.45) is 0. The molecular formula is C16H12BrN3S. The summed E-state index contributed by atoms with van der Waals surface area (Å²) in [5, 5.41) is 9.08. The molecule has 0 radical (unpaired) electrons. The van der Waals surface area contributed by atoms with Crippen molar-refractivity contribution >= 4 is 39.2 Å². The van der Waals surface area contributed by atoms with Gasteiger partial charge in [0.2, 0.25) is 0 Å². The fourth-order valence-electron chi connectivity index (χ4n) is 2.47. The van der Waals surface area contributed by atoms with Crippen LogP contribution in [0.1, 0.15) is 24.1 Å². The van der Waals surface area contributed by atoms with E-state index in [9.17, 15) is 0 Å². The van der Waals surface area contributed by atoms with Crippen molar-refractivity contribution in [3.05, 3.63) is 62.8 Å². The second-order valence-electron chi connectivity index (χ2n) is 4.87. The Bertz CT molecular complexity index is 900. The number of aromatic nitrogens is 2. The van der Waals surface area contributed by atoms with Gasteiger partial charge < -0.3 is 9.55 Å². The molecule has 0 saturated carbocycles. The number of rotatable bonds is 2. The first-order valence-corrected chi connectivity index (χ1v) is 7.70. The molecule has 0 saturated heterocycles. The molecule has 1 atom stereocenters. The van der Waals surface area contributed by atoms with E-state index < -0.39 is 0 Å². The standard InChI is InChI=1S/C16H12BrN3S/c1-10(12-3-5-13(17)6-4-12)20-15-8-11(9-18)2-7-14(15)19-16(20)21/h2-8,10H,1H3,(H,19,21). The van der Waals surface area contributed by atoms with Crippen LogP contribution in [-0.4, -0.2) is 9.55 Å². The van der Waals surface area contributed by atoms with E-state index in [-0.39, 0.29) is 6.04 Å². The molecule has 1 heterocycles. The third-order valence-electron chi connectivity index (χ3n) is 3.59. The number of nitriles is 1. The molecular weight excluding hydrogens is 346 g/mol. The molecule has 3 aromatic rings. The number of nitrogens with zero attached hydrogens (tertiary/aromatic N) is 2. The Morgan fingerprint density at radius 1 is 1.24 bits per heavy atom. The summed E-state index contributed by atoms with van der Waals surface area (Å²) in [5.74, 6) is 0. The van der Waals surface area contributed by atoms with Gasteiger partial charge in [-0.05, 0) is 55.0 Å². The Hall–Kier alpha value is -1.90. The van der Waals surface area contributed by atoms with Gasteiger partial charge in [-0.2, -0.15) is 5.26 Å². The zero-order valence-corrected chi connectivity index (χ0v) is 13.7. The van der Waals surface area contributed by atoms with Crippen molar-refractivity contribution in [3.8, 4) is 6.07 Å². The van der Waals surface area contributed by atoms with Crippen molar-refractivity contribution in [1.82, 2.24) is 9.55 Å². The first-order chi connectivity index (χ1) is 10.1. The molecule has 1 unspecified atom stereocenters. The van der Waals surface area contributed by atoms with Crippen LogP contribution in [0.4, 0.5) is 0 Å². The molecule has 1 N–H and O–H groups in total. The van der Waals surface area contributed by atoms with E-state index >= 15 is 0 Å². The van der Waals surface area contributed by atoms with Gasteiger partial charge in [-0.3, -0.25) is 0 Å². The Kier molecular flexibility index (Phi) is 3.66. The minimum atomic E-state index is 0.0910. The highest BCUT2D eigenvalue weighted by Gasteiger charge is 2.13. The first kappa shape index (κ1) is 14.1. The Morgan fingerprint density at radius 3 is 2.62 bits per heavy atom. The molecule has 0 aliphatic rings. The Labute approximate surface area is 136 Å². The van der Waals surface area contributed by atoms with Gasteiger partial charge in [-0.1, -0.05) is 28.1 Å². The number of nitrogens with one attached hydrogen (secondary N) is 1. The maximum atomic E-state index is 9.08. The fraction of sp³-hybridized carbons (Fsp3) is 0.125. The number of hydrogen-bond acceptors (Lipinski definition) is 2. The average molecular weight is 358 g/mol. The van der Waals surface area contributed by atoms with Gasteiger partial charge >= 0.3 is 0 Å². The average Bonchev–Trinajstić information content (AvgIpc) is 2.82. The SMILES string of the molecule is CC(c1ccc(Br)cc1)n1c(=S)[nH]c2ccc(C#N)cc21. The topological polar surface area (TPSA) is 44.5 Å². The van der Waals surface area contributed by atoms with Crippen LogP contribution in [0.5, 0.6) is 0 Å². The quantitative estimate of drug-likeness (QED) is 0.660. The van der Waals surface area contributed by atoms with Crippen LogP contribution in [0.2, 0.25) is 0 Å². The van der Waals surface area contributed by atoms with Crippen molar-refractivity contribution in [2.24, 2.45) is 0 Å². The predicted octanol–water partition coefficient (Wildman–Crippen LogP) is 4.94. The predicted molar refractivity (Wildman–Crippen MR) is 89.8 cm³/mol. The van der Waals surface area contributed by atoms with E-state index in [1.165, 1.54) is 0 Å². The van der Waals surface area contributed by atoms with Crippen LogP contribution in [0, 0.1) is 16.1 Å². The van der Waals surface area contributed by atoms with E-state index in [0.717, 1.165) is 21.1 Å². The largest absolute Gasteiger partial charge is 0.331 e. The van der Waals surface area contributed by atoms with Crippen LogP contribution in [-0.2, 0) is 0 Å². The van der Waals surface area contributed by atoms with Crippen molar-refractivity contribution < 1.29 is 0 Å². The van der Waals surface area contributed by atoms with Gasteiger partial charge in [0.25, 0.3) is 0 Å². The molecule has 5 heteroatoms. The van der Waals surface area contributed by atoms with E-state index in [1.807, 2.05) is 24.3 Å². The van der Waals surface area contributed by atoms with Gasteiger partial charge in [-0.25, -0.2) is 0 Å². The summed E-state index contributed by atoms with van der Waals surface area (Å²) < 4.78 is 3.76. The van der Waals surface area contributed by atoms with E-state index in [4.69, 9.17) is 17.5 Å². The Balaban J connectivity index is 2.19. The molecule has 0 aliphatic heterocycles. The molecule has 3 rings (SSSR count). The van der Waals surface area contributed by atoms with Crippen molar-refractivity contribution in [2.75, 3.05) is 0 Å². The van der Waals surface area contributed by atoms with Crippen LogP contribution in [0.3, 0.4) is 0 Å². The molecule has 0 amide bonds. The number of halogens is 1. The molecule has 0 aliphatic carbocycles. The number of fused-ring (bicyclic) bond motifs is 1. The number of aromatic amines is 1. The normalized spacial score (nSPS) is 12.2. The van der Waals surface area contributed by atoms with Crippen LogP contribution in [0.15, 0.2) is 46.9 Å². The minimum Gasteiger partial charge on any atom is -0.331 e. The smallest absolute Gasteiger partial charge is 0.178 e. The summed E-state index contributed by atoms with van der Waals surface area (Å²) in [6, 6.07) is 16.0. The minimum absolute atomic E-state index is 0.0910. The highest BCUT2D eigenvalue weighted by atomic mass is 79.9. The fourth-order valence-corrected chi connectivity index (χ4v) is 3.10. The molecule has 21 heavy (non-hydrogen) atoms. The molecule has 3 nitrogen and oxygen atoms in total. The van der Waals surface area contributed by atoms with E-state index in [0.29, 0.717) is 10.3 Å². The molecule has 1 aromatic heterocycles. The number of H-pyrrole nitrogens is 1. The lowest BCUT2D eigenvalue weighted by atomic mass is 10.1. The maximum absolute atomic E-state index is 9.08. The zero-order valence-electron chi connectivity index (χ0n) is 11.3. The van der Waals surface area contributed by atoms with Crippen molar-refractivity contribution in [1.29, 1.82) is 5.26 Å². The van der Waals surface area contributed by atoms with E-state index in [1.54, 1.807) is 6.07 Å². The molecule has 2 aromatic carbocycles. The molecule has 0 fully saturated rings. The van der Waals surface area contributed by atoms with E-state index in [2.05, 4.69) is 50.6 Å². The van der Waals surface area contributed by atoms with Gasteiger partial charge in [0.05, 0.1) is 28.7 Å². The lowest BCUT2D eigenvalue weighted by Crippen LogP contribution is -2.06. The first-order valence-electron chi connectivity index (χ1n) is 6.50. The zero-order chi connectivity index (χ0) is 15.0. The van der Waals surface area contributed by atoms with Crippen LogP contribution < -0.4 is 0 Å². The third-order valence-corrected chi connectivity index (χ3v) is 4.41. The van der Waals surface area contributed by atoms with Gasteiger partial charge in [-0.15, -0.1) is 0 Å². The number of benzene rings is 2. The summed E-state index contributed by atoms with van der Waals surface area (Å²) in [6.45, 7) is 2.10. The van der Waals surface area contributed by atoms with Crippen LogP contribution in [0.25, 0.3) is 11.0 Å². The summed E-state index contributed by atoms with van der Waals surface area (Å²) >= 11 is 8.90. The van der Waals surface area contributed by atoms with Crippen molar-refractivity contribution in [2.45, 2.75) is 13.0 Å². The second kappa shape index (κ2) is 5.47. The second-order valence-corrected chi connectivity index (χ2v) is 6.17. The van der Waals surface area contributed by atoms with Gasteiger partial charge in [0.15, 0.2) is 4.77 Å². The lowest BCUT2D eigenvalue weighted by Gasteiger charge is -2.15. The third kappa shape index (κ3) is 2.53. The molecule has 0 spiro atoms. The van der Waals surface area contributed by atoms with Gasteiger partial charge in [0.1, 0.15) is 0 Å². The summed E-state index contributed by atoms with van der Waals surface area (Å²) in [7, 11) is 0. The highest BCUT2D eigenvalue weighted by Crippen LogP contribution is 2.26. The maximum Gasteiger partial charge on any atom is 0.178 e. The number of hydrogen-bond donors (Lipinski definition) is 1. The number of imidazole rings is 1. The Morgan fingerprint density at radius 2 is 1.95 bits per heavy atom. The van der Waals surface area contributed by atoms with Crippen LogP contribution >= 0.6 is 28.1 Å².